The van der Waals surface area contributed by atoms with Crippen LogP contribution in [0, 0.1) is 5.92 Å². The van der Waals surface area contributed by atoms with E-state index in [4.69, 9.17) is 0 Å². The van der Waals surface area contributed by atoms with Gasteiger partial charge in [-0.25, -0.2) is 9.86 Å². The first-order valence-electron chi connectivity index (χ1n) is 9.51. The van der Waals surface area contributed by atoms with Crippen LogP contribution in [0.4, 0.5) is 4.79 Å². The second-order valence-electron chi connectivity index (χ2n) is 6.77. The predicted octanol–water partition coefficient (Wildman–Crippen LogP) is -0.290. The normalized spacial score (nSPS) is 16.8. The van der Waals surface area contributed by atoms with Gasteiger partial charge in [0, 0.05) is 19.3 Å². The van der Waals surface area contributed by atoms with Crippen molar-refractivity contribution in [1.82, 2.24) is 30.8 Å². The van der Waals surface area contributed by atoms with Gasteiger partial charge in [0.25, 0.3) is 5.91 Å². The summed E-state index contributed by atoms with van der Waals surface area (Å²) in [5, 5.41) is 22.1. The number of hydrogen-bond acceptors (Lipinski definition) is 7. The number of nitrogens with zero attached hydrogens (tertiary/aromatic N) is 4. The SMILES string of the molecule is CCC(CN(O)C=O)C(=O)N1CCCC1C(=O)NC(=O)NCCc1ccnnc1. The van der Waals surface area contributed by atoms with Crippen LogP contribution in [-0.4, -0.2) is 75.3 Å². The van der Waals surface area contributed by atoms with E-state index in [0.29, 0.717) is 43.8 Å². The Bertz CT molecular complexity index is 716. The quantitative estimate of drug-likeness (QED) is 0.290. The Hall–Kier alpha value is -3.08. The first-order valence-corrected chi connectivity index (χ1v) is 9.51. The lowest BCUT2D eigenvalue weighted by Gasteiger charge is -2.28. The van der Waals surface area contributed by atoms with E-state index < -0.39 is 23.9 Å². The van der Waals surface area contributed by atoms with Crippen LogP contribution in [0.25, 0.3) is 0 Å². The second-order valence-corrected chi connectivity index (χ2v) is 6.77. The third kappa shape index (κ3) is 6.49. The molecule has 0 spiro atoms. The van der Waals surface area contributed by atoms with Gasteiger partial charge in [-0.15, -0.1) is 0 Å². The molecule has 0 aromatic carbocycles. The van der Waals surface area contributed by atoms with Gasteiger partial charge in [-0.05, 0) is 37.3 Å². The minimum Gasteiger partial charge on any atom is -0.337 e. The molecule has 11 heteroatoms. The Morgan fingerprint density at radius 1 is 1.41 bits per heavy atom. The molecule has 158 valence electrons. The Morgan fingerprint density at radius 2 is 2.21 bits per heavy atom. The van der Waals surface area contributed by atoms with Crippen molar-refractivity contribution in [1.29, 1.82) is 0 Å². The number of hydrogen-bond donors (Lipinski definition) is 3. The highest BCUT2D eigenvalue weighted by molar-refractivity contribution is 5.99. The Labute approximate surface area is 168 Å². The van der Waals surface area contributed by atoms with Crippen molar-refractivity contribution in [2.45, 2.75) is 38.6 Å². The van der Waals surface area contributed by atoms with Crippen LogP contribution in [0.3, 0.4) is 0 Å². The van der Waals surface area contributed by atoms with Crippen LogP contribution >= 0.6 is 0 Å². The van der Waals surface area contributed by atoms with E-state index in [1.54, 1.807) is 25.4 Å². The third-order valence-electron chi connectivity index (χ3n) is 4.79. The molecule has 0 saturated carbocycles. The molecular formula is C18H26N6O5. The van der Waals surface area contributed by atoms with E-state index in [2.05, 4.69) is 20.8 Å². The lowest BCUT2D eigenvalue weighted by atomic mass is 10.0. The van der Waals surface area contributed by atoms with Gasteiger partial charge in [0.2, 0.25) is 12.3 Å². The van der Waals surface area contributed by atoms with Crippen molar-refractivity contribution in [2.75, 3.05) is 19.6 Å². The van der Waals surface area contributed by atoms with Crippen molar-refractivity contribution >= 4 is 24.3 Å². The van der Waals surface area contributed by atoms with Gasteiger partial charge in [-0.2, -0.15) is 10.2 Å². The number of hydroxylamine groups is 2. The maximum absolute atomic E-state index is 12.7. The fourth-order valence-corrected chi connectivity index (χ4v) is 3.21. The molecule has 29 heavy (non-hydrogen) atoms. The number of aromatic nitrogens is 2. The summed E-state index contributed by atoms with van der Waals surface area (Å²) in [6, 6.07) is 0.392. The van der Waals surface area contributed by atoms with Crippen LogP contribution in [0.15, 0.2) is 18.5 Å². The summed E-state index contributed by atoms with van der Waals surface area (Å²) < 4.78 is 0. The van der Waals surface area contributed by atoms with Gasteiger partial charge in [0.05, 0.1) is 18.7 Å². The molecule has 1 saturated heterocycles. The van der Waals surface area contributed by atoms with E-state index in [-0.39, 0.29) is 18.9 Å². The first-order chi connectivity index (χ1) is 14.0. The van der Waals surface area contributed by atoms with Crippen molar-refractivity contribution < 1.29 is 24.4 Å². The number of urea groups is 1. The van der Waals surface area contributed by atoms with Gasteiger partial charge in [-0.3, -0.25) is 24.9 Å². The summed E-state index contributed by atoms with van der Waals surface area (Å²) in [6.45, 7) is 2.32. The molecule has 0 radical (unpaired) electrons. The van der Waals surface area contributed by atoms with E-state index in [0.717, 1.165) is 5.56 Å². The van der Waals surface area contributed by atoms with Gasteiger partial charge in [0.1, 0.15) is 6.04 Å². The zero-order valence-electron chi connectivity index (χ0n) is 16.3. The molecule has 5 amide bonds. The molecule has 11 nitrogen and oxygen atoms in total. The highest BCUT2D eigenvalue weighted by atomic mass is 16.5. The number of carbonyl (C=O) groups excluding carboxylic acids is 4. The smallest absolute Gasteiger partial charge is 0.321 e. The fourth-order valence-electron chi connectivity index (χ4n) is 3.21. The average Bonchev–Trinajstić information content (AvgIpc) is 3.22. The van der Waals surface area contributed by atoms with Crippen LogP contribution in [0.2, 0.25) is 0 Å². The molecule has 1 aliphatic heterocycles. The Morgan fingerprint density at radius 3 is 2.86 bits per heavy atom. The predicted molar refractivity (Wildman–Crippen MR) is 100 cm³/mol. The zero-order valence-corrected chi connectivity index (χ0v) is 16.3. The van der Waals surface area contributed by atoms with Crippen LogP contribution in [0.5, 0.6) is 0 Å². The molecule has 1 aromatic heterocycles. The minimum absolute atomic E-state index is 0.145. The summed E-state index contributed by atoms with van der Waals surface area (Å²) in [5.74, 6) is -1.50. The summed E-state index contributed by atoms with van der Waals surface area (Å²) in [4.78, 5) is 49.3. The lowest BCUT2D eigenvalue weighted by molar-refractivity contribution is -0.157. The van der Waals surface area contributed by atoms with Gasteiger partial charge < -0.3 is 10.2 Å². The van der Waals surface area contributed by atoms with Crippen molar-refractivity contribution in [3.63, 3.8) is 0 Å². The van der Waals surface area contributed by atoms with Crippen molar-refractivity contribution in [2.24, 2.45) is 5.92 Å². The molecule has 2 heterocycles. The molecule has 2 rings (SSSR count). The molecule has 0 aliphatic carbocycles. The molecular weight excluding hydrogens is 380 g/mol. The van der Waals surface area contributed by atoms with Crippen molar-refractivity contribution in [3.05, 3.63) is 24.0 Å². The number of amides is 5. The number of likely N-dealkylation sites (tertiary alicyclic amines) is 1. The molecule has 1 aliphatic rings. The first kappa shape index (κ1) is 22.2. The molecule has 0 bridgehead atoms. The van der Waals surface area contributed by atoms with E-state index >= 15 is 0 Å². The Kier molecular flexibility index (Phi) is 8.46. The van der Waals surface area contributed by atoms with Gasteiger partial charge >= 0.3 is 6.03 Å². The molecule has 3 N–H and O–H groups in total. The highest BCUT2D eigenvalue weighted by Crippen LogP contribution is 2.21. The van der Waals surface area contributed by atoms with E-state index in [1.165, 1.54) is 4.90 Å². The summed E-state index contributed by atoms with van der Waals surface area (Å²) in [6.07, 6.45) is 5.40. The molecule has 1 fully saturated rings. The van der Waals surface area contributed by atoms with Crippen LogP contribution in [-0.2, 0) is 20.8 Å². The van der Waals surface area contributed by atoms with E-state index in [9.17, 15) is 24.4 Å². The minimum atomic E-state index is -0.755. The standard InChI is InChI=1S/C18H26N6O5/c1-2-14(11-23(29)12-25)17(27)24-9-3-4-15(24)16(26)22-18(28)19-7-5-13-6-8-20-21-10-13/h6,8,10,12,14-15,29H,2-5,7,9,11H2,1H3,(H2,19,22,26,28). The largest absolute Gasteiger partial charge is 0.337 e. The second kappa shape index (κ2) is 11.1. The fraction of sp³-hybridized carbons (Fsp3) is 0.556. The maximum Gasteiger partial charge on any atom is 0.321 e. The third-order valence-corrected chi connectivity index (χ3v) is 4.79. The Balaban J connectivity index is 1.85. The zero-order chi connectivity index (χ0) is 21.2. The average molecular weight is 406 g/mol. The van der Waals surface area contributed by atoms with Crippen molar-refractivity contribution in [3.8, 4) is 0 Å². The monoisotopic (exact) mass is 406 g/mol. The van der Waals surface area contributed by atoms with Gasteiger partial charge in [-0.1, -0.05) is 6.92 Å². The van der Waals surface area contributed by atoms with Crippen LogP contribution < -0.4 is 10.6 Å². The van der Waals surface area contributed by atoms with E-state index in [1.807, 2.05) is 0 Å². The maximum atomic E-state index is 12.7. The summed E-state index contributed by atoms with van der Waals surface area (Å²) >= 11 is 0. The highest BCUT2D eigenvalue weighted by Gasteiger charge is 2.37. The summed E-state index contributed by atoms with van der Waals surface area (Å²) in [7, 11) is 0. The molecule has 1 aromatic rings. The van der Waals surface area contributed by atoms with Crippen LogP contribution in [0.1, 0.15) is 31.7 Å². The molecule has 2 atom stereocenters. The molecule has 2 unspecified atom stereocenters. The number of imide groups is 1. The summed E-state index contributed by atoms with van der Waals surface area (Å²) in [5.41, 5.74) is 0.901. The van der Waals surface area contributed by atoms with Gasteiger partial charge in [0.15, 0.2) is 0 Å². The number of carbonyl (C=O) groups is 4. The topological polar surface area (TPSA) is 145 Å². The number of nitrogens with one attached hydrogen (secondary N) is 2. The lowest BCUT2D eigenvalue weighted by Crippen LogP contribution is -2.52. The number of rotatable bonds is 9.